The van der Waals surface area contributed by atoms with Crippen molar-refractivity contribution in [3.05, 3.63) is 96.7 Å². The van der Waals surface area contributed by atoms with Crippen molar-refractivity contribution in [3.8, 4) is 0 Å². The minimum absolute atomic E-state index is 0.0202. The van der Waals surface area contributed by atoms with E-state index in [-0.39, 0.29) is 24.3 Å². The highest BCUT2D eigenvalue weighted by molar-refractivity contribution is 8.41. The van der Waals surface area contributed by atoms with Gasteiger partial charge in [0, 0.05) is 24.4 Å². The van der Waals surface area contributed by atoms with Gasteiger partial charge in [-0.3, -0.25) is 4.79 Å². The fraction of sp³-hybridized carbons (Fsp3) is 0.414. The number of benzene rings is 1. The van der Waals surface area contributed by atoms with Crippen LogP contribution in [0.1, 0.15) is 57.4 Å². The number of hydrogen-bond acceptors (Lipinski definition) is 5. The number of hydrogen-bond donors (Lipinski definition) is 0. The van der Waals surface area contributed by atoms with Crippen LogP contribution in [0.2, 0.25) is 0 Å². The van der Waals surface area contributed by atoms with Crippen molar-refractivity contribution in [2.45, 2.75) is 76.8 Å². The van der Waals surface area contributed by atoms with Gasteiger partial charge in [-0.05, 0) is 31.2 Å². The minimum Gasteiger partial charge on any atom is -0.461 e. The lowest BCUT2D eigenvalue weighted by Crippen LogP contribution is -2.05. The van der Waals surface area contributed by atoms with Gasteiger partial charge >= 0.3 is 5.97 Å². The maximum Gasteiger partial charge on any atom is 0.306 e. The molecule has 1 aromatic rings. The summed E-state index contributed by atoms with van der Waals surface area (Å²) >= 11 is 0. The molecule has 40 heavy (non-hydrogen) atoms. The molecule has 0 saturated heterocycles. The molecule has 0 radical (unpaired) electrons. The second kappa shape index (κ2) is 26.5. The summed E-state index contributed by atoms with van der Waals surface area (Å²) in [6, 6.07) is 9.75. The molecule has 1 rings (SSSR count). The summed E-state index contributed by atoms with van der Waals surface area (Å²) in [7, 11) is 10.2. The molecule has 8 atom stereocenters. The zero-order valence-corrected chi connectivity index (χ0v) is 29.9. The minimum atomic E-state index is -0.521. The summed E-state index contributed by atoms with van der Waals surface area (Å²) < 4.78 is 22.5. The Labute approximate surface area is 254 Å². The normalized spacial score (nSPS) is 15.2. The van der Waals surface area contributed by atoms with Gasteiger partial charge in [-0.1, -0.05) is 138 Å². The highest BCUT2D eigenvalue weighted by atomic mass is 32.4. The molecule has 0 heterocycles. The lowest BCUT2D eigenvalue weighted by Gasteiger charge is -2.13. The molecule has 0 saturated carbocycles. The van der Waals surface area contributed by atoms with Crippen LogP contribution in [-0.4, -0.2) is 24.3 Å². The first kappa shape index (κ1) is 37.9. The van der Waals surface area contributed by atoms with Gasteiger partial charge in [-0.2, -0.15) is 0 Å². The van der Waals surface area contributed by atoms with Crippen molar-refractivity contribution in [1.82, 2.24) is 0 Å². The van der Waals surface area contributed by atoms with Gasteiger partial charge in [0.25, 0.3) is 0 Å². The zero-order valence-electron chi connectivity index (χ0n) is 23.3. The van der Waals surface area contributed by atoms with E-state index in [9.17, 15) is 4.79 Å². The SMILES string of the molecule is CCC(/C=C/C=C\C=C\C(C/C=C\C=C\C(CCCCCC(=O)OCc1ccccc1)OP)OPP)OP(P)P. The summed E-state index contributed by atoms with van der Waals surface area (Å²) in [5.41, 5.74) is 1.01. The highest BCUT2D eigenvalue weighted by Gasteiger charge is 2.06. The standard InChI is InChI=1S/C29H46O5P6/c1-2-26(34-40(37)38)18-10-3-4-11-21-28(33-39-36)22-14-6-12-19-27(32-35)20-13-7-15-23-29(30)31-24-25-16-8-5-9-17-25/h3-6,8-12,14,16-19,21,26-28,39H,2,7,13,15,20,22-24,35-38H2,1H3/b4-3-,14-6-,18-10+,19-12+,21-11+. The Morgan fingerprint density at radius 3 is 2.25 bits per heavy atom. The van der Waals surface area contributed by atoms with E-state index in [4.69, 9.17) is 18.3 Å². The number of carbonyl (C=O) groups excluding carboxylic acids is 1. The molecule has 0 aliphatic rings. The van der Waals surface area contributed by atoms with Gasteiger partial charge in [0.15, 0.2) is 0 Å². The molecular formula is C29H46O5P6. The predicted molar refractivity (Wildman–Crippen MR) is 189 cm³/mol. The molecule has 0 bridgehead atoms. The van der Waals surface area contributed by atoms with Crippen LogP contribution in [0.5, 0.6) is 0 Å². The van der Waals surface area contributed by atoms with Crippen LogP contribution < -0.4 is 0 Å². The Kier molecular flexibility index (Phi) is 25.1. The van der Waals surface area contributed by atoms with E-state index in [0.29, 0.717) is 21.5 Å². The summed E-state index contributed by atoms with van der Waals surface area (Å²) in [5, 5.41) is 0. The summed E-state index contributed by atoms with van der Waals surface area (Å²) in [4.78, 5) is 11.9. The topological polar surface area (TPSA) is 54.0 Å². The first-order valence-electron chi connectivity index (χ1n) is 13.5. The van der Waals surface area contributed by atoms with E-state index < -0.39 is 7.53 Å². The van der Waals surface area contributed by atoms with Crippen molar-refractivity contribution in [2.75, 3.05) is 0 Å². The molecule has 11 heteroatoms. The van der Waals surface area contributed by atoms with Gasteiger partial charge in [-0.25, -0.2) is 0 Å². The van der Waals surface area contributed by atoms with Crippen molar-refractivity contribution in [2.24, 2.45) is 0 Å². The third kappa shape index (κ3) is 21.5. The second-order valence-electron chi connectivity index (χ2n) is 8.81. The Balaban J connectivity index is 2.29. The third-order valence-corrected chi connectivity index (χ3v) is 8.03. The molecule has 0 fully saturated rings. The average molecular weight is 661 g/mol. The predicted octanol–water partition coefficient (Wildman–Crippen LogP) is 9.57. The smallest absolute Gasteiger partial charge is 0.306 e. The number of ether oxygens (including phenoxy) is 1. The van der Waals surface area contributed by atoms with Crippen LogP contribution in [0, 0.1) is 0 Å². The monoisotopic (exact) mass is 660 g/mol. The molecular weight excluding hydrogens is 614 g/mol. The van der Waals surface area contributed by atoms with Crippen LogP contribution in [-0.2, 0) is 29.7 Å². The van der Waals surface area contributed by atoms with Crippen LogP contribution in [0.3, 0.4) is 0 Å². The van der Waals surface area contributed by atoms with Crippen LogP contribution in [0.15, 0.2) is 91.1 Å². The number of allylic oxidation sites excluding steroid dienone is 6. The largest absolute Gasteiger partial charge is 0.461 e. The van der Waals surface area contributed by atoms with Gasteiger partial charge < -0.3 is 18.3 Å². The molecule has 0 amide bonds. The Morgan fingerprint density at radius 1 is 0.925 bits per heavy atom. The van der Waals surface area contributed by atoms with E-state index in [0.717, 1.165) is 44.1 Å². The van der Waals surface area contributed by atoms with Crippen molar-refractivity contribution >= 4 is 58.2 Å². The molecule has 0 aromatic heterocycles. The molecule has 0 N–H and O–H groups in total. The highest BCUT2D eigenvalue weighted by Crippen LogP contribution is 2.54. The van der Waals surface area contributed by atoms with E-state index >= 15 is 0 Å². The fourth-order valence-corrected chi connectivity index (χ4v) is 6.02. The van der Waals surface area contributed by atoms with Gasteiger partial charge in [0.1, 0.15) is 6.61 Å². The average Bonchev–Trinajstić information content (AvgIpc) is 2.95. The molecule has 0 aliphatic carbocycles. The molecule has 5 nitrogen and oxygen atoms in total. The second-order valence-corrected chi connectivity index (χ2v) is 16.0. The van der Waals surface area contributed by atoms with E-state index in [1.807, 2.05) is 66.8 Å². The first-order chi connectivity index (χ1) is 19.5. The Bertz CT molecular complexity index is 921. The lowest BCUT2D eigenvalue weighted by atomic mass is 10.1. The van der Waals surface area contributed by atoms with E-state index in [1.54, 1.807) is 0 Å². The number of carbonyl (C=O) groups is 1. The van der Waals surface area contributed by atoms with Crippen LogP contribution in [0.4, 0.5) is 0 Å². The maximum atomic E-state index is 11.9. The Hall–Kier alpha value is -0.150. The van der Waals surface area contributed by atoms with Gasteiger partial charge in [-0.15, -0.1) is 0 Å². The summed E-state index contributed by atoms with van der Waals surface area (Å²) in [6.07, 6.45) is 26.5. The fourth-order valence-electron chi connectivity index (χ4n) is 3.45. The molecule has 222 valence electrons. The quantitative estimate of drug-likeness (QED) is 0.0537. The number of rotatable bonds is 22. The van der Waals surface area contributed by atoms with Crippen LogP contribution >= 0.6 is 52.3 Å². The Morgan fingerprint density at radius 2 is 1.60 bits per heavy atom. The lowest BCUT2D eigenvalue weighted by molar-refractivity contribution is -0.145. The summed E-state index contributed by atoms with van der Waals surface area (Å²) in [6.45, 7) is 2.46. The molecule has 1 aromatic carbocycles. The van der Waals surface area contributed by atoms with Crippen LogP contribution in [0.25, 0.3) is 0 Å². The third-order valence-electron chi connectivity index (χ3n) is 5.59. The zero-order chi connectivity index (χ0) is 29.3. The molecule has 8 unspecified atom stereocenters. The maximum absolute atomic E-state index is 11.9. The van der Waals surface area contributed by atoms with Gasteiger partial charge in [0.2, 0.25) is 0 Å². The van der Waals surface area contributed by atoms with E-state index in [2.05, 4.69) is 67.5 Å². The van der Waals surface area contributed by atoms with Gasteiger partial charge in [0.05, 0.1) is 25.8 Å². The number of esters is 1. The van der Waals surface area contributed by atoms with E-state index in [1.165, 1.54) is 0 Å². The molecule has 0 aliphatic heterocycles. The first-order valence-corrected chi connectivity index (χ1v) is 21.1. The molecule has 0 spiro atoms. The number of unbranched alkanes of at least 4 members (excludes halogenated alkanes) is 2. The summed E-state index contributed by atoms with van der Waals surface area (Å²) in [5.74, 6) is -0.142. The van der Waals surface area contributed by atoms with Crippen molar-refractivity contribution in [3.63, 3.8) is 0 Å². The van der Waals surface area contributed by atoms with Crippen molar-refractivity contribution in [1.29, 1.82) is 0 Å². The van der Waals surface area contributed by atoms with Crippen molar-refractivity contribution < 1.29 is 23.1 Å².